The summed E-state index contributed by atoms with van der Waals surface area (Å²) in [5, 5.41) is 12.2. The van der Waals surface area contributed by atoms with Crippen molar-refractivity contribution < 1.29 is 18.3 Å². The van der Waals surface area contributed by atoms with Crippen molar-refractivity contribution in [3.05, 3.63) is 24.3 Å². The highest BCUT2D eigenvalue weighted by Gasteiger charge is 2.30. The highest BCUT2D eigenvalue weighted by atomic mass is 32.2. The lowest BCUT2D eigenvalue weighted by Crippen LogP contribution is -2.34. The Hall–Kier alpha value is -1.56. The summed E-state index contributed by atoms with van der Waals surface area (Å²) in [5.74, 6) is -0.787. The number of benzene rings is 1. The second-order valence-electron chi connectivity index (χ2n) is 5.00. The Balaban J connectivity index is 2.79. The molecule has 1 aromatic carbocycles. The molecule has 20 heavy (non-hydrogen) atoms. The number of hydrogen-bond acceptors (Lipinski definition) is 4. The average Bonchev–Trinajstić information content (AvgIpc) is 2.45. The van der Waals surface area contributed by atoms with Crippen LogP contribution >= 0.6 is 0 Å². The van der Waals surface area contributed by atoms with E-state index in [0.717, 1.165) is 0 Å². The van der Waals surface area contributed by atoms with Crippen LogP contribution in [0.2, 0.25) is 0 Å². The van der Waals surface area contributed by atoms with Crippen molar-refractivity contribution in [3.63, 3.8) is 0 Å². The van der Waals surface area contributed by atoms with Crippen LogP contribution in [0.25, 0.3) is 0 Å². The van der Waals surface area contributed by atoms with Crippen LogP contribution in [-0.2, 0) is 14.6 Å². The Bertz CT molecular complexity index is 565. The lowest BCUT2D eigenvalue weighted by Gasteiger charge is -2.23. The minimum atomic E-state index is -3.20. The molecule has 0 saturated heterocycles. The van der Waals surface area contributed by atoms with Gasteiger partial charge < -0.3 is 10.4 Å². The van der Waals surface area contributed by atoms with Gasteiger partial charge in [0.25, 0.3) is 0 Å². The molecular weight excluding hydrogens is 278 g/mol. The van der Waals surface area contributed by atoms with E-state index in [4.69, 9.17) is 0 Å². The Morgan fingerprint density at radius 3 is 2.20 bits per heavy atom. The van der Waals surface area contributed by atoms with Crippen molar-refractivity contribution in [2.75, 3.05) is 17.6 Å². The fraction of sp³-hybridized carbons (Fsp3) is 0.500. The van der Waals surface area contributed by atoms with Gasteiger partial charge in [-0.15, -0.1) is 0 Å². The number of carboxylic acid groups (broad SMARTS) is 1. The van der Waals surface area contributed by atoms with Gasteiger partial charge in [-0.1, -0.05) is 13.8 Å². The molecule has 0 radical (unpaired) electrons. The number of anilines is 1. The lowest BCUT2D eigenvalue weighted by atomic mass is 9.87. The van der Waals surface area contributed by atoms with Crippen LogP contribution in [0.3, 0.4) is 0 Å². The summed E-state index contributed by atoms with van der Waals surface area (Å²) in [5.41, 5.74) is -0.130. The summed E-state index contributed by atoms with van der Waals surface area (Å²) in [6, 6.07) is 6.37. The van der Waals surface area contributed by atoms with Gasteiger partial charge in [0.15, 0.2) is 9.84 Å². The number of aliphatic carboxylic acids is 1. The van der Waals surface area contributed by atoms with Crippen LogP contribution < -0.4 is 5.32 Å². The van der Waals surface area contributed by atoms with E-state index in [1.165, 1.54) is 12.1 Å². The molecule has 0 spiro atoms. The smallest absolute Gasteiger partial charge is 0.311 e. The van der Waals surface area contributed by atoms with Gasteiger partial charge in [-0.2, -0.15) is 0 Å². The molecule has 6 heteroatoms. The van der Waals surface area contributed by atoms with Crippen LogP contribution in [0, 0.1) is 5.41 Å². The van der Waals surface area contributed by atoms with Crippen LogP contribution in [0.15, 0.2) is 29.2 Å². The molecule has 0 aromatic heterocycles. The number of nitrogens with one attached hydrogen (secondary N) is 1. The molecule has 2 N–H and O–H groups in total. The normalized spacial score (nSPS) is 14.6. The van der Waals surface area contributed by atoms with Gasteiger partial charge in [0.05, 0.1) is 16.1 Å². The van der Waals surface area contributed by atoms with Gasteiger partial charge in [-0.05, 0) is 37.6 Å². The van der Waals surface area contributed by atoms with Crippen molar-refractivity contribution in [2.24, 2.45) is 5.41 Å². The van der Waals surface area contributed by atoms with Crippen LogP contribution in [0.1, 0.15) is 27.2 Å². The zero-order valence-electron chi connectivity index (χ0n) is 12.0. The first-order valence-electron chi connectivity index (χ1n) is 6.55. The fourth-order valence-electron chi connectivity index (χ4n) is 1.60. The third kappa shape index (κ3) is 3.72. The maximum atomic E-state index is 11.7. The zero-order chi connectivity index (χ0) is 15.4. The molecule has 1 unspecified atom stereocenters. The summed E-state index contributed by atoms with van der Waals surface area (Å²) < 4.78 is 23.3. The summed E-state index contributed by atoms with van der Waals surface area (Å²) in [4.78, 5) is 11.5. The topological polar surface area (TPSA) is 83.5 Å². The average molecular weight is 299 g/mol. The van der Waals surface area contributed by atoms with Crippen LogP contribution in [-0.4, -0.2) is 31.8 Å². The molecule has 0 aliphatic carbocycles. The third-order valence-corrected chi connectivity index (χ3v) is 5.32. The summed E-state index contributed by atoms with van der Waals surface area (Å²) in [6.07, 6.45) is 0.512. The predicted octanol–water partition coefficient (Wildman–Crippen LogP) is 2.39. The molecule has 0 saturated carbocycles. The summed E-state index contributed by atoms with van der Waals surface area (Å²) in [6.45, 7) is 5.39. The maximum Gasteiger partial charge on any atom is 0.311 e. The highest BCUT2D eigenvalue weighted by molar-refractivity contribution is 7.91. The van der Waals surface area contributed by atoms with Crippen molar-refractivity contribution >= 4 is 21.5 Å². The fourth-order valence-corrected chi connectivity index (χ4v) is 2.48. The van der Waals surface area contributed by atoms with Gasteiger partial charge >= 0.3 is 5.97 Å². The quantitative estimate of drug-likeness (QED) is 0.807. The minimum Gasteiger partial charge on any atom is -0.481 e. The first-order valence-corrected chi connectivity index (χ1v) is 8.20. The van der Waals surface area contributed by atoms with Crippen LogP contribution in [0.5, 0.6) is 0 Å². The van der Waals surface area contributed by atoms with Gasteiger partial charge in [-0.3, -0.25) is 4.79 Å². The van der Waals surface area contributed by atoms with Crippen molar-refractivity contribution in [2.45, 2.75) is 32.1 Å². The molecule has 1 rings (SSSR count). The number of carboxylic acids is 1. The molecular formula is C14H21NO4S. The SMILES string of the molecule is CCC(C)(CNc1ccc(S(=O)(=O)CC)cc1)C(=O)O. The van der Waals surface area contributed by atoms with E-state index in [0.29, 0.717) is 18.7 Å². The molecule has 0 fully saturated rings. The van der Waals surface area contributed by atoms with Crippen LogP contribution in [0.4, 0.5) is 5.69 Å². The highest BCUT2D eigenvalue weighted by Crippen LogP contribution is 2.23. The standard InChI is InChI=1S/C14H21NO4S/c1-4-14(3,13(16)17)10-15-11-6-8-12(9-7-11)20(18,19)5-2/h6-9,15H,4-5,10H2,1-3H3,(H,16,17). The lowest BCUT2D eigenvalue weighted by molar-refractivity contribution is -0.147. The second-order valence-corrected chi connectivity index (χ2v) is 7.28. The number of carbonyl (C=O) groups is 1. The van der Waals surface area contributed by atoms with E-state index in [-0.39, 0.29) is 10.6 Å². The van der Waals surface area contributed by atoms with Crippen molar-refractivity contribution in [1.82, 2.24) is 0 Å². The molecule has 0 bridgehead atoms. The second kappa shape index (κ2) is 6.26. The van der Waals surface area contributed by atoms with Crippen molar-refractivity contribution in [3.8, 4) is 0 Å². The largest absolute Gasteiger partial charge is 0.481 e. The van der Waals surface area contributed by atoms with E-state index in [9.17, 15) is 18.3 Å². The molecule has 1 aromatic rings. The monoisotopic (exact) mass is 299 g/mol. The Morgan fingerprint density at radius 1 is 1.25 bits per heavy atom. The Kier molecular flexibility index (Phi) is 5.16. The molecule has 5 nitrogen and oxygen atoms in total. The first kappa shape index (κ1) is 16.5. The minimum absolute atomic E-state index is 0.0622. The summed E-state index contributed by atoms with van der Waals surface area (Å²) in [7, 11) is -3.20. The van der Waals surface area contributed by atoms with E-state index in [1.54, 1.807) is 26.0 Å². The van der Waals surface area contributed by atoms with E-state index >= 15 is 0 Å². The van der Waals surface area contributed by atoms with E-state index in [2.05, 4.69) is 5.32 Å². The first-order chi connectivity index (χ1) is 9.25. The van der Waals surface area contributed by atoms with E-state index in [1.807, 2.05) is 6.92 Å². The molecule has 112 valence electrons. The van der Waals surface area contributed by atoms with E-state index < -0.39 is 21.2 Å². The predicted molar refractivity (Wildman–Crippen MR) is 78.7 cm³/mol. The van der Waals surface area contributed by atoms with Gasteiger partial charge in [0, 0.05) is 12.2 Å². The number of rotatable bonds is 7. The summed E-state index contributed by atoms with van der Waals surface area (Å²) >= 11 is 0. The van der Waals surface area contributed by atoms with Crippen molar-refractivity contribution in [1.29, 1.82) is 0 Å². The maximum absolute atomic E-state index is 11.7. The zero-order valence-corrected chi connectivity index (χ0v) is 12.8. The third-order valence-electron chi connectivity index (χ3n) is 3.57. The van der Waals surface area contributed by atoms with Gasteiger partial charge in [0.2, 0.25) is 0 Å². The van der Waals surface area contributed by atoms with Gasteiger partial charge in [-0.25, -0.2) is 8.42 Å². The number of sulfone groups is 1. The molecule has 0 amide bonds. The Morgan fingerprint density at radius 2 is 1.80 bits per heavy atom. The molecule has 0 heterocycles. The molecule has 0 aliphatic heterocycles. The number of hydrogen-bond donors (Lipinski definition) is 2. The molecule has 1 atom stereocenters. The Labute approximate surface area is 119 Å². The molecule has 0 aliphatic rings. The van der Waals surface area contributed by atoms with Gasteiger partial charge in [0.1, 0.15) is 0 Å².